The van der Waals surface area contributed by atoms with Crippen LogP contribution in [-0.2, 0) is 0 Å². The molecular formula is C17H33N. The maximum atomic E-state index is 6.39. The third-order valence-corrected chi connectivity index (χ3v) is 7.23. The molecule has 0 aromatic heterocycles. The summed E-state index contributed by atoms with van der Waals surface area (Å²) >= 11 is 0. The third kappa shape index (κ3) is 1.94. The molecule has 2 aliphatic rings. The van der Waals surface area contributed by atoms with Gasteiger partial charge in [-0.2, -0.15) is 0 Å². The van der Waals surface area contributed by atoms with Crippen molar-refractivity contribution >= 4 is 0 Å². The molecule has 18 heavy (non-hydrogen) atoms. The lowest BCUT2D eigenvalue weighted by atomic mass is 9.47. The molecule has 1 heteroatoms. The second kappa shape index (κ2) is 4.51. The van der Waals surface area contributed by atoms with Gasteiger partial charge >= 0.3 is 0 Å². The summed E-state index contributed by atoms with van der Waals surface area (Å²) in [4.78, 5) is 0. The van der Waals surface area contributed by atoms with Crippen LogP contribution in [0.2, 0.25) is 0 Å². The molecule has 0 aromatic carbocycles. The Morgan fingerprint density at radius 2 is 1.67 bits per heavy atom. The minimum Gasteiger partial charge on any atom is -0.327 e. The highest BCUT2D eigenvalue weighted by atomic mass is 14.7. The van der Waals surface area contributed by atoms with Crippen molar-refractivity contribution in [3.05, 3.63) is 0 Å². The first-order valence-electron chi connectivity index (χ1n) is 7.97. The second-order valence-corrected chi connectivity index (χ2v) is 8.26. The summed E-state index contributed by atoms with van der Waals surface area (Å²) < 4.78 is 0. The van der Waals surface area contributed by atoms with Gasteiger partial charge < -0.3 is 5.73 Å². The Balaban J connectivity index is 2.25. The molecule has 0 bridgehead atoms. The topological polar surface area (TPSA) is 26.0 Å². The molecule has 106 valence electrons. The van der Waals surface area contributed by atoms with Crippen LogP contribution in [0.3, 0.4) is 0 Å². The van der Waals surface area contributed by atoms with Crippen molar-refractivity contribution in [1.29, 1.82) is 0 Å². The molecule has 2 fully saturated rings. The van der Waals surface area contributed by atoms with Gasteiger partial charge in [-0.1, -0.05) is 41.5 Å². The summed E-state index contributed by atoms with van der Waals surface area (Å²) in [6.45, 7) is 14.7. The standard InChI is InChI=1S/C17H33N/c1-11(2)17(6)10-9-14-13(12(17)3)7-8-15(18)16(14,4)5/h11-15H,7-10,18H2,1-6H3. The highest BCUT2D eigenvalue weighted by Crippen LogP contribution is 2.58. The lowest BCUT2D eigenvalue weighted by molar-refractivity contribution is -0.0807. The third-order valence-electron chi connectivity index (χ3n) is 7.23. The molecule has 0 spiro atoms. The van der Waals surface area contributed by atoms with Crippen molar-refractivity contribution in [2.24, 2.45) is 40.2 Å². The van der Waals surface area contributed by atoms with Crippen LogP contribution < -0.4 is 5.73 Å². The fraction of sp³-hybridized carbons (Fsp3) is 1.00. The van der Waals surface area contributed by atoms with E-state index in [1.54, 1.807) is 0 Å². The molecule has 0 saturated heterocycles. The Morgan fingerprint density at radius 1 is 1.06 bits per heavy atom. The SMILES string of the molecule is CC(C)C1(C)CCC2C(CCC(N)C2(C)C)C1C. The van der Waals surface area contributed by atoms with Gasteiger partial charge in [0.1, 0.15) is 0 Å². The Labute approximate surface area is 114 Å². The number of hydrogen-bond acceptors (Lipinski definition) is 1. The van der Waals surface area contributed by atoms with Crippen LogP contribution in [0.1, 0.15) is 67.2 Å². The van der Waals surface area contributed by atoms with Gasteiger partial charge in [0.2, 0.25) is 0 Å². The van der Waals surface area contributed by atoms with Gasteiger partial charge in [0.05, 0.1) is 0 Å². The van der Waals surface area contributed by atoms with E-state index in [-0.39, 0.29) is 0 Å². The molecule has 0 radical (unpaired) electrons. The first kappa shape index (κ1) is 14.4. The van der Waals surface area contributed by atoms with Crippen LogP contribution in [0.25, 0.3) is 0 Å². The number of nitrogens with two attached hydrogens (primary N) is 1. The van der Waals surface area contributed by atoms with Crippen molar-refractivity contribution in [3.8, 4) is 0 Å². The normalized spacial score (nSPS) is 48.0. The van der Waals surface area contributed by atoms with E-state index in [1.165, 1.54) is 25.7 Å². The van der Waals surface area contributed by atoms with Crippen LogP contribution in [0.4, 0.5) is 0 Å². The van der Waals surface area contributed by atoms with Gasteiger partial charge in [-0.25, -0.2) is 0 Å². The van der Waals surface area contributed by atoms with E-state index in [4.69, 9.17) is 5.73 Å². The van der Waals surface area contributed by atoms with Crippen molar-refractivity contribution < 1.29 is 0 Å². The first-order chi connectivity index (χ1) is 8.21. The highest BCUT2D eigenvalue weighted by molar-refractivity contribution is 5.03. The Hall–Kier alpha value is -0.0400. The van der Waals surface area contributed by atoms with Gasteiger partial charge in [0, 0.05) is 6.04 Å². The zero-order valence-corrected chi connectivity index (χ0v) is 13.3. The van der Waals surface area contributed by atoms with Crippen LogP contribution in [-0.4, -0.2) is 6.04 Å². The van der Waals surface area contributed by atoms with E-state index in [0.29, 0.717) is 16.9 Å². The predicted octanol–water partition coefficient (Wildman–Crippen LogP) is 4.46. The van der Waals surface area contributed by atoms with Crippen molar-refractivity contribution in [1.82, 2.24) is 0 Å². The molecule has 5 atom stereocenters. The maximum Gasteiger partial charge on any atom is 0.00931 e. The van der Waals surface area contributed by atoms with Crippen LogP contribution >= 0.6 is 0 Å². The molecule has 0 aliphatic heterocycles. The molecule has 0 amide bonds. The van der Waals surface area contributed by atoms with Gasteiger partial charge in [0.25, 0.3) is 0 Å². The van der Waals surface area contributed by atoms with Gasteiger partial charge in [-0.3, -0.25) is 0 Å². The maximum absolute atomic E-state index is 6.39. The van der Waals surface area contributed by atoms with Gasteiger partial charge in [0.15, 0.2) is 0 Å². The fourth-order valence-corrected chi connectivity index (χ4v) is 4.95. The van der Waals surface area contributed by atoms with Crippen molar-refractivity contribution in [2.45, 2.75) is 73.3 Å². The molecule has 2 aliphatic carbocycles. The molecule has 2 N–H and O–H groups in total. The minimum absolute atomic E-state index is 0.343. The van der Waals surface area contributed by atoms with Gasteiger partial charge in [-0.15, -0.1) is 0 Å². The van der Waals surface area contributed by atoms with E-state index in [1.807, 2.05) is 0 Å². The molecule has 1 nitrogen and oxygen atoms in total. The molecule has 0 aromatic rings. The average molecular weight is 251 g/mol. The van der Waals surface area contributed by atoms with Crippen molar-refractivity contribution in [3.63, 3.8) is 0 Å². The van der Waals surface area contributed by atoms with E-state index < -0.39 is 0 Å². The fourth-order valence-electron chi connectivity index (χ4n) is 4.95. The number of hydrogen-bond donors (Lipinski definition) is 1. The molecule has 5 unspecified atom stereocenters. The zero-order chi connectivity index (χ0) is 13.7. The van der Waals surface area contributed by atoms with E-state index in [9.17, 15) is 0 Å². The van der Waals surface area contributed by atoms with Crippen LogP contribution in [0, 0.1) is 34.5 Å². The quantitative estimate of drug-likeness (QED) is 0.731. The monoisotopic (exact) mass is 251 g/mol. The average Bonchev–Trinajstić information content (AvgIpc) is 2.28. The van der Waals surface area contributed by atoms with Crippen molar-refractivity contribution in [2.75, 3.05) is 0 Å². The summed E-state index contributed by atoms with van der Waals surface area (Å²) in [7, 11) is 0. The predicted molar refractivity (Wildman–Crippen MR) is 79.3 cm³/mol. The zero-order valence-electron chi connectivity index (χ0n) is 13.3. The molecule has 2 rings (SSSR count). The minimum atomic E-state index is 0.343. The highest BCUT2D eigenvalue weighted by Gasteiger charge is 2.52. The first-order valence-corrected chi connectivity index (χ1v) is 7.97. The smallest absolute Gasteiger partial charge is 0.00931 e. The summed E-state index contributed by atoms with van der Waals surface area (Å²) in [5, 5.41) is 0. The van der Waals surface area contributed by atoms with Crippen LogP contribution in [0.5, 0.6) is 0 Å². The summed E-state index contributed by atoms with van der Waals surface area (Å²) in [6, 6.07) is 0.411. The number of rotatable bonds is 1. The van der Waals surface area contributed by atoms with Crippen LogP contribution in [0.15, 0.2) is 0 Å². The summed E-state index contributed by atoms with van der Waals surface area (Å²) in [5.74, 6) is 3.40. The largest absolute Gasteiger partial charge is 0.327 e. The second-order valence-electron chi connectivity index (χ2n) is 8.26. The Bertz CT molecular complexity index is 307. The molecule has 0 heterocycles. The summed E-state index contributed by atoms with van der Waals surface area (Å²) in [6.07, 6.45) is 5.37. The number of fused-ring (bicyclic) bond motifs is 1. The molecular weight excluding hydrogens is 218 g/mol. The van der Waals surface area contributed by atoms with Gasteiger partial charge in [-0.05, 0) is 60.2 Å². The van der Waals surface area contributed by atoms with E-state index >= 15 is 0 Å². The van der Waals surface area contributed by atoms with E-state index in [2.05, 4.69) is 41.5 Å². The summed E-state index contributed by atoms with van der Waals surface area (Å²) in [5.41, 5.74) is 7.28. The lowest BCUT2D eigenvalue weighted by Gasteiger charge is -2.58. The Morgan fingerprint density at radius 3 is 2.22 bits per heavy atom. The lowest BCUT2D eigenvalue weighted by Crippen LogP contribution is -2.55. The molecule has 2 saturated carbocycles. The van der Waals surface area contributed by atoms with E-state index in [0.717, 1.165) is 23.7 Å². The Kier molecular flexibility index (Phi) is 3.60.